The summed E-state index contributed by atoms with van der Waals surface area (Å²) in [6.07, 6.45) is 1.91. The Hall–Kier alpha value is -1.89. The molecule has 1 atom stereocenters. The summed E-state index contributed by atoms with van der Waals surface area (Å²) in [7, 11) is 0. The number of carbonyl (C=O) groups excluding carboxylic acids is 3. The Labute approximate surface area is 126 Å². The highest BCUT2D eigenvalue weighted by molar-refractivity contribution is 7.10. The molecule has 21 heavy (non-hydrogen) atoms. The van der Waals surface area contributed by atoms with Crippen LogP contribution in [0.2, 0.25) is 0 Å². The van der Waals surface area contributed by atoms with Crippen molar-refractivity contribution < 1.29 is 14.4 Å². The van der Waals surface area contributed by atoms with E-state index >= 15 is 0 Å². The van der Waals surface area contributed by atoms with Crippen molar-refractivity contribution in [1.29, 1.82) is 0 Å². The fraction of sp³-hybridized carbons (Fsp3) is 0.500. The van der Waals surface area contributed by atoms with Crippen LogP contribution >= 0.6 is 11.3 Å². The first kappa shape index (κ1) is 14.1. The van der Waals surface area contributed by atoms with E-state index in [1.54, 1.807) is 16.2 Å². The van der Waals surface area contributed by atoms with Gasteiger partial charge in [0.25, 0.3) is 5.91 Å². The molecule has 0 aromatic carbocycles. The molecule has 1 saturated heterocycles. The van der Waals surface area contributed by atoms with Crippen molar-refractivity contribution in [2.75, 3.05) is 13.1 Å². The first-order valence-corrected chi connectivity index (χ1v) is 7.88. The minimum atomic E-state index is -0.332. The molecular formula is C14H17N3O3S. The third kappa shape index (κ3) is 2.92. The number of urea groups is 1. The third-order valence-corrected chi connectivity index (χ3v) is 4.78. The van der Waals surface area contributed by atoms with Crippen LogP contribution in [0.5, 0.6) is 0 Å². The molecule has 2 heterocycles. The van der Waals surface area contributed by atoms with Gasteiger partial charge in [-0.2, -0.15) is 0 Å². The lowest BCUT2D eigenvalue weighted by atomic mass is 10.2. The standard InChI is InChI=1S/C14H17N3O3S/c1-9(11-3-2-6-21-11)15-12(18)7-17-13(19)8-16(14(17)20)10-4-5-10/h2-3,6,9-10H,4-5,7-8H2,1H3,(H,15,18). The van der Waals surface area contributed by atoms with E-state index in [1.165, 1.54) is 0 Å². The molecule has 112 valence electrons. The summed E-state index contributed by atoms with van der Waals surface area (Å²) in [6, 6.07) is 3.60. The van der Waals surface area contributed by atoms with Crippen molar-refractivity contribution in [3.63, 3.8) is 0 Å². The second-order valence-electron chi connectivity index (χ2n) is 5.43. The second-order valence-corrected chi connectivity index (χ2v) is 6.41. The lowest BCUT2D eigenvalue weighted by Gasteiger charge is -2.18. The fourth-order valence-electron chi connectivity index (χ4n) is 2.43. The van der Waals surface area contributed by atoms with Crippen LogP contribution in [0.3, 0.4) is 0 Å². The van der Waals surface area contributed by atoms with Crippen molar-refractivity contribution in [1.82, 2.24) is 15.1 Å². The summed E-state index contributed by atoms with van der Waals surface area (Å²) in [5.74, 6) is -0.596. The molecule has 7 heteroatoms. The zero-order valence-electron chi connectivity index (χ0n) is 11.7. The van der Waals surface area contributed by atoms with Gasteiger partial charge in [0.1, 0.15) is 13.1 Å². The molecule has 1 aromatic heterocycles. The summed E-state index contributed by atoms with van der Waals surface area (Å²) >= 11 is 1.56. The lowest BCUT2D eigenvalue weighted by Crippen LogP contribution is -2.42. The largest absolute Gasteiger partial charge is 0.347 e. The first-order valence-electron chi connectivity index (χ1n) is 7.00. The monoisotopic (exact) mass is 307 g/mol. The van der Waals surface area contributed by atoms with Gasteiger partial charge >= 0.3 is 6.03 Å². The van der Waals surface area contributed by atoms with Crippen LogP contribution in [0.15, 0.2) is 17.5 Å². The first-order chi connectivity index (χ1) is 10.1. The summed E-state index contributed by atoms with van der Waals surface area (Å²) in [4.78, 5) is 39.6. The van der Waals surface area contributed by atoms with E-state index < -0.39 is 0 Å². The van der Waals surface area contributed by atoms with Crippen molar-refractivity contribution in [3.05, 3.63) is 22.4 Å². The Kier molecular flexibility index (Phi) is 3.67. The molecule has 0 radical (unpaired) electrons. The van der Waals surface area contributed by atoms with Crippen LogP contribution in [0.1, 0.15) is 30.7 Å². The van der Waals surface area contributed by atoms with Gasteiger partial charge in [-0.3, -0.25) is 14.5 Å². The van der Waals surface area contributed by atoms with Gasteiger partial charge in [-0.05, 0) is 31.2 Å². The molecule has 1 aromatic rings. The summed E-state index contributed by atoms with van der Waals surface area (Å²) < 4.78 is 0. The summed E-state index contributed by atoms with van der Waals surface area (Å²) in [5, 5.41) is 4.76. The Morgan fingerprint density at radius 1 is 1.48 bits per heavy atom. The zero-order chi connectivity index (χ0) is 15.0. The maximum atomic E-state index is 12.1. The number of amides is 4. The number of hydrogen-bond donors (Lipinski definition) is 1. The Balaban J connectivity index is 1.57. The SMILES string of the molecule is CC(NC(=O)CN1C(=O)CN(C2CC2)C1=O)c1cccs1. The third-order valence-electron chi connectivity index (χ3n) is 3.72. The maximum absolute atomic E-state index is 12.1. The number of imide groups is 1. The average molecular weight is 307 g/mol. The van der Waals surface area contributed by atoms with Crippen molar-refractivity contribution in [3.8, 4) is 0 Å². The molecule has 4 amide bonds. The van der Waals surface area contributed by atoms with Crippen LogP contribution in [-0.4, -0.2) is 46.8 Å². The second kappa shape index (κ2) is 5.48. The number of nitrogens with one attached hydrogen (secondary N) is 1. The number of hydrogen-bond acceptors (Lipinski definition) is 4. The van der Waals surface area contributed by atoms with Gasteiger partial charge in [-0.1, -0.05) is 6.07 Å². The smallest absolute Gasteiger partial charge is 0.327 e. The van der Waals surface area contributed by atoms with Crippen LogP contribution < -0.4 is 5.32 Å². The minimum absolute atomic E-state index is 0.108. The lowest BCUT2D eigenvalue weighted by molar-refractivity contribution is -0.131. The molecule has 2 fully saturated rings. The molecule has 0 bridgehead atoms. The van der Waals surface area contributed by atoms with Crippen molar-refractivity contribution in [2.45, 2.75) is 31.8 Å². The molecule has 6 nitrogen and oxygen atoms in total. The van der Waals surface area contributed by atoms with Crippen molar-refractivity contribution >= 4 is 29.2 Å². The van der Waals surface area contributed by atoms with Crippen LogP contribution in [0, 0.1) is 0 Å². The molecule has 1 saturated carbocycles. The van der Waals surface area contributed by atoms with E-state index in [0.717, 1.165) is 22.6 Å². The predicted octanol–water partition coefficient (Wildman–Crippen LogP) is 1.35. The van der Waals surface area contributed by atoms with Crippen LogP contribution in [-0.2, 0) is 9.59 Å². The number of nitrogens with zero attached hydrogens (tertiary/aromatic N) is 2. The average Bonchev–Trinajstić information content (AvgIpc) is 3.05. The molecular weight excluding hydrogens is 290 g/mol. The van der Waals surface area contributed by atoms with Gasteiger partial charge in [0.2, 0.25) is 5.91 Å². The quantitative estimate of drug-likeness (QED) is 0.835. The Bertz CT molecular complexity index is 568. The van der Waals surface area contributed by atoms with Gasteiger partial charge in [-0.25, -0.2) is 4.79 Å². The predicted molar refractivity (Wildman–Crippen MR) is 77.7 cm³/mol. The number of rotatable bonds is 5. The number of thiophene rings is 1. The topological polar surface area (TPSA) is 69.7 Å². The highest BCUT2D eigenvalue weighted by Crippen LogP contribution is 2.30. The fourth-order valence-corrected chi connectivity index (χ4v) is 3.16. The van der Waals surface area contributed by atoms with Gasteiger partial charge in [0, 0.05) is 10.9 Å². The molecule has 1 unspecified atom stereocenters. The Morgan fingerprint density at radius 3 is 2.86 bits per heavy atom. The van der Waals surface area contributed by atoms with Crippen LogP contribution in [0.4, 0.5) is 4.79 Å². The highest BCUT2D eigenvalue weighted by Gasteiger charge is 2.44. The van der Waals surface area contributed by atoms with Gasteiger partial charge in [-0.15, -0.1) is 11.3 Å². The number of carbonyl (C=O) groups is 3. The highest BCUT2D eigenvalue weighted by atomic mass is 32.1. The van der Waals surface area contributed by atoms with E-state index in [-0.39, 0.29) is 43.0 Å². The van der Waals surface area contributed by atoms with Gasteiger partial charge in [0.05, 0.1) is 6.04 Å². The van der Waals surface area contributed by atoms with Gasteiger partial charge in [0.15, 0.2) is 0 Å². The molecule has 3 rings (SSSR count). The van der Waals surface area contributed by atoms with Crippen LogP contribution in [0.25, 0.3) is 0 Å². The molecule has 1 N–H and O–H groups in total. The van der Waals surface area contributed by atoms with Gasteiger partial charge < -0.3 is 10.2 Å². The molecule has 1 aliphatic carbocycles. The normalized spacial score (nSPS) is 20.0. The maximum Gasteiger partial charge on any atom is 0.327 e. The molecule has 2 aliphatic rings. The minimum Gasteiger partial charge on any atom is -0.347 e. The van der Waals surface area contributed by atoms with E-state index in [4.69, 9.17) is 0 Å². The van der Waals surface area contributed by atoms with E-state index in [2.05, 4.69) is 5.32 Å². The Morgan fingerprint density at radius 2 is 2.24 bits per heavy atom. The summed E-state index contributed by atoms with van der Waals surface area (Å²) in [6.45, 7) is 1.79. The molecule has 0 spiro atoms. The van der Waals surface area contributed by atoms with E-state index in [1.807, 2.05) is 24.4 Å². The zero-order valence-corrected chi connectivity index (χ0v) is 12.6. The summed E-state index contributed by atoms with van der Waals surface area (Å²) in [5.41, 5.74) is 0. The van der Waals surface area contributed by atoms with E-state index in [0.29, 0.717) is 0 Å². The van der Waals surface area contributed by atoms with E-state index in [9.17, 15) is 14.4 Å². The molecule has 1 aliphatic heterocycles. The van der Waals surface area contributed by atoms with Crippen molar-refractivity contribution in [2.24, 2.45) is 0 Å².